The van der Waals surface area contributed by atoms with Gasteiger partial charge >= 0.3 is 0 Å². The number of hydrogen-bond acceptors (Lipinski definition) is 3. The summed E-state index contributed by atoms with van der Waals surface area (Å²) in [6.07, 6.45) is 3.28. The maximum Gasteiger partial charge on any atom is 0.191 e. The number of benzene rings is 1. The van der Waals surface area contributed by atoms with Crippen LogP contribution in [-0.4, -0.2) is 62.7 Å². The third kappa shape index (κ3) is 5.43. The fourth-order valence-corrected chi connectivity index (χ4v) is 4.02. The molecule has 0 aromatic heterocycles. The van der Waals surface area contributed by atoms with Crippen LogP contribution < -0.4 is 15.5 Å². The molecular formula is C19H30F2IN5. The minimum Gasteiger partial charge on any atom is -0.365 e. The van der Waals surface area contributed by atoms with Crippen LogP contribution in [0.15, 0.2) is 23.2 Å². The highest BCUT2D eigenvalue weighted by atomic mass is 127. The number of nitrogens with zero attached hydrogens (tertiary/aromatic N) is 3. The first kappa shape index (κ1) is 22.1. The molecule has 0 radical (unpaired) electrons. The minimum absolute atomic E-state index is 0. The number of rotatable bonds is 5. The van der Waals surface area contributed by atoms with Crippen LogP contribution in [0.4, 0.5) is 14.5 Å². The minimum atomic E-state index is -0.506. The van der Waals surface area contributed by atoms with Crippen molar-refractivity contribution in [3.8, 4) is 0 Å². The molecule has 0 aliphatic carbocycles. The average molecular weight is 493 g/mol. The summed E-state index contributed by atoms with van der Waals surface area (Å²) in [7, 11) is 1.75. The van der Waals surface area contributed by atoms with Crippen molar-refractivity contribution in [2.24, 2.45) is 4.99 Å². The molecule has 2 fully saturated rings. The zero-order chi connectivity index (χ0) is 18.5. The number of aliphatic imine (C=N–C) groups is 1. The molecule has 2 aliphatic heterocycles. The molecule has 0 bridgehead atoms. The number of hydrogen-bond donors (Lipinski definition) is 2. The Kier molecular flexibility index (Phi) is 8.53. The molecule has 0 saturated carbocycles. The fraction of sp³-hybridized carbons (Fsp3) is 0.632. The molecule has 0 spiro atoms. The van der Waals surface area contributed by atoms with Gasteiger partial charge in [0.2, 0.25) is 0 Å². The van der Waals surface area contributed by atoms with Gasteiger partial charge in [-0.2, -0.15) is 0 Å². The summed E-state index contributed by atoms with van der Waals surface area (Å²) >= 11 is 0. The van der Waals surface area contributed by atoms with Crippen molar-refractivity contribution in [3.05, 3.63) is 29.8 Å². The SMILES string of the molecule is CCN1CCCC1CNC(=NC)NC1CCN(c2c(F)cccc2F)C1.I. The molecule has 2 aliphatic rings. The van der Waals surface area contributed by atoms with E-state index in [1.165, 1.54) is 37.6 Å². The van der Waals surface area contributed by atoms with Crippen LogP contribution in [0, 0.1) is 11.6 Å². The second kappa shape index (κ2) is 10.4. The molecule has 5 nitrogen and oxygen atoms in total. The lowest BCUT2D eigenvalue weighted by atomic mass is 10.2. The maximum absolute atomic E-state index is 14.0. The summed E-state index contributed by atoms with van der Waals surface area (Å²) in [4.78, 5) is 8.56. The Labute approximate surface area is 177 Å². The van der Waals surface area contributed by atoms with Crippen molar-refractivity contribution in [2.75, 3.05) is 44.7 Å². The van der Waals surface area contributed by atoms with Gasteiger partial charge in [0.1, 0.15) is 17.3 Å². The monoisotopic (exact) mass is 493 g/mol. The smallest absolute Gasteiger partial charge is 0.191 e. The van der Waals surface area contributed by atoms with Gasteiger partial charge in [-0.25, -0.2) is 8.78 Å². The van der Waals surface area contributed by atoms with Crippen molar-refractivity contribution in [3.63, 3.8) is 0 Å². The van der Waals surface area contributed by atoms with E-state index in [-0.39, 0.29) is 35.7 Å². The standard InChI is InChI=1S/C19H29F2N5.HI/c1-3-25-10-5-6-15(25)12-23-19(22-2)24-14-9-11-26(13-14)18-16(20)7-4-8-17(18)21;/h4,7-8,14-15H,3,5-6,9-13H2,1-2H3,(H2,22,23,24);1H. The first-order valence-electron chi connectivity index (χ1n) is 9.52. The predicted molar refractivity (Wildman–Crippen MR) is 117 cm³/mol. The van der Waals surface area contributed by atoms with Gasteiger partial charge in [-0.15, -0.1) is 24.0 Å². The summed E-state index contributed by atoms with van der Waals surface area (Å²) in [6, 6.07) is 4.67. The van der Waals surface area contributed by atoms with E-state index in [1.807, 2.05) is 0 Å². The summed E-state index contributed by atoms with van der Waals surface area (Å²) in [5.74, 6) is -0.253. The van der Waals surface area contributed by atoms with Gasteiger partial charge in [-0.1, -0.05) is 13.0 Å². The Balaban J connectivity index is 0.00000261. The lowest BCUT2D eigenvalue weighted by molar-refractivity contribution is 0.267. The van der Waals surface area contributed by atoms with Gasteiger partial charge < -0.3 is 15.5 Å². The zero-order valence-electron chi connectivity index (χ0n) is 16.0. The highest BCUT2D eigenvalue weighted by Crippen LogP contribution is 2.26. The highest BCUT2D eigenvalue weighted by Gasteiger charge is 2.28. The summed E-state index contributed by atoms with van der Waals surface area (Å²) < 4.78 is 28.0. The van der Waals surface area contributed by atoms with E-state index in [4.69, 9.17) is 0 Å². The zero-order valence-corrected chi connectivity index (χ0v) is 18.4. The van der Waals surface area contributed by atoms with Crippen LogP contribution >= 0.6 is 24.0 Å². The van der Waals surface area contributed by atoms with E-state index in [1.54, 1.807) is 11.9 Å². The van der Waals surface area contributed by atoms with Gasteiger partial charge in [0.15, 0.2) is 5.96 Å². The third-order valence-corrected chi connectivity index (χ3v) is 5.42. The maximum atomic E-state index is 14.0. The summed E-state index contributed by atoms with van der Waals surface area (Å²) in [5, 5.41) is 6.81. The first-order chi connectivity index (χ1) is 12.6. The molecule has 2 N–H and O–H groups in total. The molecule has 27 heavy (non-hydrogen) atoms. The number of likely N-dealkylation sites (tertiary alicyclic amines) is 1. The van der Waals surface area contributed by atoms with Crippen LogP contribution in [0.5, 0.6) is 0 Å². The highest BCUT2D eigenvalue weighted by molar-refractivity contribution is 14.0. The number of nitrogens with one attached hydrogen (secondary N) is 2. The quantitative estimate of drug-likeness (QED) is 0.376. The Morgan fingerprint density at radius 1 is 1.22 bits per heavy atom. The molecule has 2 unspecified atom stereocenters. The van der Waals surface area contributed by atoms with E-state index in [2.05, 4.69) is 27.4 Å². The molecule has 2 saturated heterocycles. The predicted octanol–water partition coefficient (Wildman–Crippen LogP) is 2.81. The van der Waals surface area contributed by atoms with E-state index < -0.39 is 11.6 Å². The lowest BCUT2D eigenvalue weighted by Gasteiger charge is -2.25. The van der Waals surface area contributed by atoms with Crippen molar-refractivity contribution >= 4 is 35.6 Å². The molecule has 2 heterocycles. The van der Waals surface area contributed by atoms with Crippen molar-refractivity contribution in [1.29, 1.82) is 0 Å². The van der Waals surface area contributed by atoms with Crippen molar-refractivity contribution < 1.29 is 8.78 Å². The van der Waals surface area contributed by atoms with Gasteiger partial charge in [-0.3, -0.25) is 9.89 Å². The number of guanidine groups is 1. The molecular weight excluding hydrogens is 463 g/mol. The van der Waals surface area contributed by atoms with Crippen LogP contribution in [0.25, 0.3) is 0 Å². The normalized spacial score (nSPS) is 23.4. The van der Waals surface area contributed by atoms with E-state index in [0.29, 0.717) is 19.1 Å². The van der Waals surface area contributed by atoms with E-state index in [0.717, 1.165) is 25.5 Å². The van der Waals surface area contributed by atoms with E-state index >= 15 is 0 Å². The Bertz CT molecular complexity index is 622. The largest absolute Gasteiger partial charge is 0.365 e. The van der Waals surface area contributed by atoms with Gasteiger partial charge in [0.25, 0.3) is 0 Å². The number of anilines is 1. The van der Waals surface area contributed by atoms with Gasteiger partial charge in [-0.05, 0) is 44.5 Å². The number of halogens is 3. The Morgan fingerprint density at radius 3 is 2.63 bits per heavy atom. The summed E-state index contributed by atoms with van der Waals surface area (Å²) in [6.45, 7) is 6.49. The molecule has 1 aromatic rings. The number of para-hydroxylation sites is 1. The molecule has 1 aromatic carbocycles. The van der Waals surface area contributed by atoms with Crippen LogP contribution in [0.2, 0.25) is 0 Å². The van der Waals surface area contributed by atoms with Gasteiger partial charge in [0, 0.05) is 38.8 Å². The second-order valence-corrected chi connectivity index (χ2v) is 7.02. The Hall–Kier alpha value is -1.16. The number of likely N-dealkylation sites (N-methyl/N-ethyl adjacent to an activating group) is 1. The van der Waals surface area contributed by atoms with Gasteiger partial charge in [0.05, 0.1) is 0 Å². The second-order valence-electron chi connectivity index (χ2n) is 7.02. The van der Waals surface area contributed by atoms with Crippen LogP contribution in [-0.2, 0) is 0 Å². The van der Waals surface area contributed by atoms with Crippen LogP contribution in [0.1, 0.15) is 26.2 Å². The molecule has 8 heteroatoms. The Morgan fingerprint density at radius 2 is 1.96 bits per heavy atom. The summed E-state index contributed by atoms with van der Waals surface area (Å²) in [5.41, 5.74) is 0.0734. The fourth-order valence-electron chi connectivity index (χ4n) is 4.02. The van der Waals surface area contributed by atoms with Crippen LogP contribution in [0.3, 0.4) is 0 Å². The van der Waals surface area contributed by atoms with Crippen molar-refractivity contribution in [2.45, 2.75) is 38.3 Å². The topological polar surface area (TPSA) is 42.9 Å². The molecule has 3 rings (SSSR count). The molecule has 2 atom stereocenters. The molecule has 0 amide bonds. The van der Waals surface area contributed by atoms with Crippen molar-refractivity contribution in [1.82, 2.24) is 15.5 Å². The first-order valence-corrected chi connectivity index (χ1v) is 9.52. The average Bonchev–Trinajstić information content (AvgIpc) is 3.27. The lowest BCUT2D eigenvalue weighted by Crippen LogP contribution is -2.48. The molecule has 152 valence electrons. The van der Waals surface area contributed by atoms with E-state index in [9.17, 15) is 8.78 Å². The third-order valence-electron chi connectivity index (χ3n) is 5.42.